The first-order valence-corrected chi connectivity index (χ1v) is 8.56. The highest BCUT2D eigenvalue weighted by Crippen LogP contribution is 2.36. The van der Waals surface area contributed by atoms with Crippen molar-refractivity contribution in [3.05, 3.63) is 53.1 Å². The van der Waals surface area contributed by atoms with Gasteiger partial charge in [0.25, 0.3) is 5.91 Å². The molecular weight excluding hydrogens is 397 g/mol. The summed E-state index contributed by atoms with van der Waals surface area (Å²) in [5, 5.41) is 3.65. The molecule has 0 heterocycles. The summed E-state index contributed by atoms with van der Waals surface area (Å²) in [4.78, 5) is 11.8. The first-order valence-electron chi connectivity index (χ1n) is 8.18. The minimum Gasteiger partial charge on any atom is -0.481 e. The molecule has 28 heavy (non-hydrogen) atoms. The molecule has 0 aliphatic carbocycles. The van der Waals surface area contributed by atoms with Gasteiger partial charge in [0, 0.05) is 5.71 Å². The van der Waals surface area contributed by atoms with Crippen LogP contribution in [-0.2, 0) is 11.0 Å². The van der Waals surface area contributed by atoms with Gasteiger partial charge in [0.2, 0.25) is 0 Å². The van der Waals surface area contributed by atoms with Gasteiger partial charge >= 0.3 is 6.18 Å². The maximum atomic E-state index is 12.7. The Morgan fingerprint density at radius 2 is 1.71 bits per heavy atom. The number of ether oxygens (including phenoxy) is 2. The molecule has 1 atom stereocenters. The number of alkyl halides is 3. The third kappa shape index (κ3) is 6.16. The van der Waals surface area contributed by atoms with Crippen LogP contribution in [-0.4, -0.2) is 17.7 Å². The van der Waals surface area contributed by atoms with Gasteiger partial charge in [-0.05, 0) is 63.2 Å². The maximum absolute atomic E-state index is 12.7. The molecular formula is C19H18ClF3N2O3. The van der Waals surface area contributed by atoms with Crippen molar-refractivity contribution in [1.82, 2.24) is 5.43 Å². The molecule has 0 fully saturated rings. The van der Waals surface area contributed by atoms with E-state index in [0.29, 0.717) is 17.2 Å². The average Bonchev–Trinajstić information content (AvgIpc) is 2.62. The number of hydrazone groups is 1. The lowest BCUT2D eigenvalue weighted by atomic mass is 10.2. The molecule has 0 aliphatic heterocycles. The van der Waals surface area contributed by atoms with Crippen LogP contribution < -0.4 is 14.9 Å². The predicted octanol–water partition coefficient (Wildman–Crippen LogP) is 5.43. The molecule has 1 amide bonds. The van der Waals surface area contributed by atoms with Gasteiger partial charge in [0.05, 0.1) is 10.6 Å². The topological polar surface area (TPSA) is 59.9 Å². The zero-order chi connectivity index (χ0) is 20.9. The molecule has 5 nitrogen and oxygen atoms in total. The number of benzene rings is 2. The number of rotatable bonds is 6. The van der Waals surface area contributed by atoms with E-state index in [1.807, 2.05) is 0 Å². The molecule has 0 saturated heterocycles. The second-order valence-electron chi connectivity index (χ2n) is 6.01. The van der Waals surface area contributed by atoms with E-state index >= 15 is 0 Å². The van der Waals surface area contributed by atoms with E-state index < -0.39 is 23.8 Å². The van der Waals surface area contributed by atoms with Crippen LogP contribution in [0.1, 0.15) is 26.3 Å². The minimum atomic E-state index is -4.48. The highest BCUT2D eigenvalue weighted by atomic mass is 35.5. The molecule has 0 spiro atoms. The first kappa shape index (κ1) is 21.6. The van der Waals surface area contributed by atoms with Gasteiger partial charge < -0.3 is 9.47 Å². The van der Waals surface area contributed by atoms with Crippen LogP contribution in [0.3, 0.4) is 0 Å². The van der Waals surface area contributed by atoms with Gasteiger partial charge in [0.15, 0.2) is 6.10 Å². The second-order valence-corrected chi connectivity index (χ2v) is 6.42. The number of amides is 1. The smallest absolute Gasteiger partial charge is 0.416 e. The predicted molar refractivity (Wildman–Crippen MR) is 100.0 cm³/mol. The number of carbonyl (C=O) groups excluding carboxylic acids is 1. The Morgan fingerprint density at radius 1 is 1.11 bits per heavy atom. The molecule has 2 aromatic carbocycles. The van der Waals surface area contributed by atoms with E-state index in [0.717, 1.165) is 18.2 Å². The summed E-state index contributed by atoms with van der Waals surface area (Å²) in [6.45, 7) is 5.06. The number of carbonyl (C=O) groups is 1. The van der Waals surface area contributed by atoms with Gasteiger partial charge in [0.1, 0.15) is 17.2 Å². The molecule has 1 unspecified atom stereocenters. The van der Waals surface area contributed by atoms with E-state index in [2.05, 4.69) is 10.5 Å². The standard InChI is InChI=1S/C19H18ClF3N2O3/c1-11(2)24-25-18(26)12(3)27-14-5-7-15(8-6-14)28-17-9-4-13(10-16(17)20)19(21,22)23/h4-10,12H,1-3H3,(H,25,26). The molecule has 0 radical (unpaired) electrons. The summed E-state index contributed by atoms with van der Waals surface area (Å²) in [6.07, 6.45) is -5.26. The van der Waals surface area contributed by atoms with Crippen molar-refractivity contribution in [2.24, 2.45) is 5.10 Å². The van der Waals surface area contributed by atoms with E-state index in [1.165, 1.54) is 0 Å². The summed E-state index contributed by atoms with van der Waals surface area (Å²) in [5.41, 5.74) is 2.21. The van der Waals surface area contributed by atoms with Crippen molar-refractivity contribution in [1.29, 1.82) is 0 Å². The quantitative estimate of drug-likeness (QED) is 0.506. The summed E-state index contributed by atoms with van der Waals surface area (Å²) in [6, 6.07) is 9.05. The largest absolute Gasteiger partial charge is 0.481 e. The Morgan fingerprint density at radius 3 is 2.25 bits per heavy atom. The number of halogens is 4. The van der Waals surface area contributed by atoms with Crippen molar-refractivity contribution in [2.75, 3.05) is 0 Å². The Labute approximate surface area is 165 Å². The lowest BCUT2D eigenvalue weighted by Crippen LogP contribution is -2.33. The molecule has 9 heteroatoms. The van der Waals surface area contributed by atoms with Crippen molar-refractivity contribution in [2.45, 2.75) is 33.1 Å². The van der Waals surface area contributed by atoms with Crippen LogP contribution in [0.2, 0.25) is 5.02 Å². The van der Waals surface area contributed by atoms with Crippen molar-refractivity contribution >= 4 is 23.2 Å². The molecule has 0 aliphatic rings. The van der Waals surface area contributed by atoms with Gasteiger partial charge in [-0.25, -0.2) is 5.43 Å². The highest BCUT2D eigenvalue weighted by molar-refractivity contribution is 6.32. The monoisotopic (exact) mass is 414 g/mol. The van der Waals surface area contributed by atoms with Crippen LogP contribution in [0.15, 0.2) is 47.6 Å². The number of hydrogen-bond acceptors (Lipinski definition) is 4. The average molecular weight is 415 g/mol. The van der Waals surface area contributed by atoms with Gasteiger partial charge in [-0.1, -0.05) is 11.6 Å². The Balaban J connectivity index is 2.01. The molecule has 0 saturated carbocycles. The van der Waals surface area contributed by atoms with Crippen molar-refractivity contribution in [3.8, 4) is 17.2 Å². The lowest BCUT2D eigenvalue weighted by Gasteiger charge is -2.14. The van der Waals surface area contributed by atoms with Crippen LogP contribution in [0, 0.1) is 0 Å². The fourth-order valence-corrected chi connectivity index (χ4v) is 2.21. The maximum Gasteiger partial charge on any atom is 0.416 e. The summed E-state index contributed by atoms with van der Waals surface area (Å²) >= 11 is 5.87. The molecule has 1 N–H and O–H groups in total. The SMILES string of the molecule is CC(C)=NNC(=O)C(C)Oc1ccc(Oc2ccc(C(F)(F)F)cc2Cl)cc1. The second kappa shape index (κ2) is 8.97. The first-order chi connectivity index (χ1) is 13.1. The third-order valence-electron chi connectivity index (χ3n) is 3.38. The Kier molecular flexibility index (Phi) is 6.90. The normalized spacial score (nSPS) is 12.1. The molecule has 0 aromatic heterocycles. The lowest BCUT2D eigenvalue weighted by molar-refractivity contribution is -0.137. The molecule has 150 valence electrons. The van der Waals surface area contributed by atoms with Gasteiger partial charge in [-0.3, -0.25) is 4.79 Å². The van der Waals surface area contributed by atoms with E-state index in [4.69, 9.17) is 21.1 Å². The van der Waals surface area contributed by atoms with E-state index in [-0.39, 0.29) is 10.8 Å². The molecule has 2 rings (SSSR count). The van der Waals surface area contributed by atoms with Crippen LogP contribution in [0.4, 0.5) is 13.2 Å². The summed E-state index contributed by atoms with van der Waals surface area (Å²) in [5.74, 6) is 0.435. The Hall–Kier alpha value is -2.74. The van der Waals surface area contributed by atoms with Crippen LogP contribution >= 0.6 is 11.6 Å². The summed E-state index contributed by atoms with van der Waals surface area (Å²) < 4.78 is 49.0. The van der Waals surface area contributed by atoms with Crippen LogP contribution in [0.5, 0.6) is 17.2 Å². The summed E-state index contributed by atoms with van der Waals surface area (Å²) in [7, 11) is 0. The number of nitrogens with one attached hydrogen (secondary N) is 1. The molecule has 0 bridgehead atoms. The highest BCUT2D eigenvalue weighted by Gasteiger charge is 2.31. The van der Waals surface area contributed by atoms with Gasteiger partial charge in [-0.15, -0.1) is 0 Å². The van der Waals surface area contributed by atoms with Crippen LogP contribution in [0.25, 0.3) is 0 Å². The van der Waals surface area contributed by atoms with E-state index in [9.17, 15) is 18.0 Å². The Bertz CT molecular complexity index is 864. The minimum absolute atomic E-state index is 0.0869. The fraction of sp³-hybridized carbons (Fsp3) is 0.263. The molecule has 2 aromatic rings. The third-order valence-corrected chi connectivity index (χ3v) is 3.68. The number of nitrogens with zero attached hydrogens (tertiary/aromatic N) is 1. The van der Waals surface area contributed by atoms with Crippen molar-refractivity contribution < 1.29 is 27.4 Å². The van der Waals surface area contributed by atoms with E-state index in [1.54, 1.807) is 45.0 Å². The van der Waals surface area contributed by atoms with Gasteiger partial charge in [-0.2, -0.15) is 18.3 Å². The zero-order valence-corrected chi connectivity index (χ0v) is 16.1. The zero-order valence-electron chi connectivity index (χ0n) is 15.3. The van der Waals surface area contributed by atoms with Crippen molar-refractivity contribution in [3.63, 3.8) is 0 Å². The fourth-order valence-electron chi connectivity index (χ4n) is 1.99. The number of hydrogen-bond donors (Lipinski definition) is 1.